The number of hydrogen-bond donors (Lipinski definition) is 2. The van der Waals surface area contributed by atoms with E-state index in [-0.39, 0.29) is 35.9 Å². The normalized spacial score (nSPS) is 34.7. The molecule has 2 N–H and O–H groups in total. The van der Waals surface area contributed by atoms with Crippen molar-refractivity contribution in [2.24, 2.45) is 28.6 Å². The molecule has 5 rings (SSSR count). The molecule has 0 radical (unpaired) electrons. The fourth-order valence-electron chi connectivity index (χ4n) is 8.58. The minimum atomic E-state index is -1.52. The first-order chi connectivity index (χ1) is 19.1. The van der Waals surface area contributed by atoms with Gasteiger partial charge in [-0.1, -0.05) is 19.4 Å². The lowest BCUT2D eigenvalue weighted by molar-refractivity contribution is -0.170. The summed E-state index contributed by atoms with van der Waals surface area (Å²) in [5, 5.41) is 14.6. The molecular weight excluding hydrogens is 510 g/mol. The highest BCUT2D eigenvalue weighted by Crippen LogP contribution is 2.67. The Kier molecular flexibility index (Phi) is 8.06. The Morgan fingerprint density at radius 2 is 1.90 bits per heavy atom. The van der Waals surface area contributed by atoms with Gasteiger partial charge < -0.3 is 19.7 Å². The molecule has 0 aromatic carbocycles. The molecule has 0 bridgehead atoms. The Bertz CT molecular complexity index is 1180. The average Bonchev–Trinajstić information content (AvgIpc) is 3.55. The third-order valence-electron chi connectivity index (χ3n) is 11.0. The predicted molar refractivity (Wildman–Crippen MR) is 147 cm³/mol. The summed E-state index contributed by atoms with van der Waals surface area (Å²) in [5.41, 5.74) is -0.746. The van der Waals surface area contributed by atoms with Crippen LogP contribution in [0.1, 0.15) is 84.5 Å². The summed E-state index contributed by atoms with van der Waals surface area (Å²) in [4.78, 5) is 53.8. The van der Waals surface area contributed by atoms with Gasteiger partial charge in [0.25, 0.3) is 0 Å². The number of nitrogens with zero attached hydrogens (tertiary/aromatic N) is 2. The number of carbonyl (C=O) groups excluding carboxylic acids is 4. The average molecular weight is 554 g/mol. The summed E-state index contributed by atoms with van der Waals surface area (Å²) in [7, 11) is 0. The minimum absolute atomic E-state index is 0.00791. The number of aliphatic hydroxyl groups is 1. The van der Waals surface area contributed by atoms with Gasteiger partial charge in [0.2, 0.25) is 11.7 Å². The topological polar surface area (TPSA) is 128 Å². The van der Waals surface area contributed by atoms with Crippen molar-refractivity contribution >= 4 is 23.4 Å². The van der Waals surface area contributed by atoms with Crippen LogP contribution in [0, 0.1) is 28.6 Å². The van der Waals surface area contributed by atoms with Crippen LogP contribution in [0.25, 0.3) is 0 Å². The van der Waals surface area contributed by atoms with Crippen LogP contribution < -0.4 is 5.32 Å². The summed E-state index contributed by atoms with van der Waals surface area (Å²) < 4.78 is 7.18. The summed E-state index contributed by atoms with van der Waals surface area (Å²) >= 11 is 0. The van der Waals surface area contributed by atoms with Gasteiger partial charge in [0, 0.05) is 43.7 Å². The third kappa shape index (κ3) is 5.17. The van der Waals surface area contributed by atoms with Crippen molar-refractivity contribution in [1.29, 1.82) is 0 Å². The van der Waals surface area contributed by atoms with Crippen molar-refractivity contribution in [3.8, 4) is 0 Å². The third-order valence-corrected chi connectivity index (χ3v) is 11.0. The van der Waals surface area contributed by atoms with Crippen LogP contribution in [0.3, 0.4) is 0 Å². The van der Waals surface area contributed by atoms with Gasteiger partial charge in [-0.3, -0.25) is 19.2 Å². The van der Waals surface area contributed by atoms with Crippen molar-refractivity contribution in [2.75, 3.05) is 13.2 Å². The molecule has 1 aromatic rings. The van der Waals surface area contributed by atoms with Crippen molar-refractivity contribution in [2.45, 2.75) is 96.6 Å². The quantitative estimate of drug-likeness (QED) is 0.335. The van der Waals surface area contributed by atoms with Crippen LogP contribution >= 0.6 is 0 Å². The van der Waals surface area contributed by atoms with E-state index in [9.17, 15) is 24.3 Å². The first kappa shape index (κ1) is 28.7. The van der Waals surface area contributed by atoms with Gasteiger partial charge in [0.15, 0.2) is 12.4 Å². The Labute approximate surface area is 236 Å². The molecule has 6 atom stereocenters. The SMILES string of the molecule is C[C@]12CCC(=O)C=C1CCC1C2CC[C@@]2(C)C1CC[C@]2(O)C(=O)COC(=O)CCC(=O)NCCCn1ccnc1. The Hall–Kier alpha value is -2.81. The zero-order valence-corrected chi connectivity index (χ0v) is 23.8. The standard InChI is InChI=1S/C31H43N3O6/c1-29-11-8-22(35)18-21(29)4-5-23-24(29)9-12-30(2)25(23)10-13-31(30,39)26(36)19-40-28(38)7-6-27(37)33-14-3-16-34-17-15-32-20-34/h15,17-18,20,23-25,39H,3-14,16,19H2,1-2H3,(H,33,37)/t23?,24?,25?,29-,30-,31-/m0/s1. The number of hydrogen-bond acceptors (Lipinski definition) is 7. The monoisotopic (exact) mass is 553 g/mol. The Morgan fingerprint density at radius 3 is 2.67 bits per heavy atom. The molecule has 1 amide bonds. The number of aryl methyl sites for hydroxylation is 1. The fourth-order valence-corrected chi connectivity index (χ4v) is 8.58. The van der Waals surface area contributed by atoms with Crippen LogP contribution in [0.15, 0.2) is 30.4 Å². The number of allylic oxidation sites excluding steroid dienone is 1. The lowest BCUT2D eigenvalue weighted by atomic mass is 9.46. The molecule has 9 heteroatoms. The second-order valence-corrected chi connectivity index (χ2v) is 12.9. The largest absolute Gasteiger partial charge is 0.458 e. The van der Waals surface area contributed by atoms with Crippen molar-refractivity contribution in [3.05, 3.63) is 30.4 Å². The van der Waals surface area contributed by atoms with E-state index in [0.29, 0.717) is 31.2 Å². The molecule has 3 unspecified atom stereocenters. The van der Waals surface area contributed by atoms with Crippen molar-refractivity contribution < 1.29 is 29.0 Å². The van der Waals surface area contributed by atoms with Crippen LogP contribution in [0.2, 0.25) is 0 Å². The Balaban J connectivity index is 1.10. The molecule has 9 nitrogen and oxygen atoms in total. The fraction of sp³-hybridized carbons (Fsp3) is 0.710. The minimum Gasteiger partial charge on any atom is -0.458 e. The van der Waals surface area contributed by atoms with E-state index >= 15 is 0 Å². The van der Waals surface area contributed by atoms with Crippen molar-refractivity contribution in [1.82, 2.24) is 14.9 Å². The van der Waals surface area contributed by atoms with E-state index in [0.717, 1.165) is 51.5 Å². The molecule has 3 saturated carbocycles. The maximum Gasteiger partial charge on any atom is 0.306 e. The number of amides is 1. The summed E-state index contributed by atoms with van der Waals surface area (Å²) in [6.07, 6.45) is 14.0. The van der Waals surface area contributed by atoms with Crippen LogP contribution in [-0.2, 0) is 30.5 Å². The maximum absolute atomic E-state index is 13.4. The lowest BCUT2D eigenvalue weighted by Crippen LogP contribution is -2.58. The van der Waals surface area contributed by atoms with E-state index in [1.54, 1.807) is 12.5 Å². The zero-order chi connectivity index (χ0) is 28.5. The number of Topliss-reactive ketones (excluding diaryl/α,β-unsaturated/α-hetero) is 1. The summed E-state index contributed by atoms with van der Waals surface area (Å²) in [5.74, 6) is 0.0628. The molecule has 1 aromatic heterocycles. The highest BCUT2D eigenvalue weighted by molar-refractivity contribution is 5.92. The number of carbonyl (C=O) groups is 4. The first-order valence-electron chi connectivity index (χ1n) is 14.9. The molecule has 0 spiro atoms. The van der Waals surface area contributed by atoms with E-state index < -0.39 is 29.4 Å². The number of aromatic nitrogens is 2. The van der Waals surface area contributed by atoms with Gasteiger partial charge in [-0.25, -0.2) is 4.98 Å². The predicted octanol–water partition coefficient (Wildman–Crippen LogP) is 3.54. The lowest BCUT2D eigenvalue weighted by Gasteiger charge is -2.58. The van der Waals surface area contributed by atoms with Gasteiger partial charge in [0.05, 0.1) is 12.7 Å². The second-order valence-electron chi connectivity index (χ2n) is 12.9. The second kappa shape index (κ2) is 11.2. The van der Waals surface area contributed by atoms with Gasteiger partial charge in [-0.15, -0.1) is 0 Å². The number of ketones is 2. The van der Waals surface area contributed by atoms with Gasteiger partial charge in [-0.05, 0) is 80.6 Å². The summed E-state index contributed by atoms with van der Waals surface area (Å²) in [6, 6.07) is 0. The number of imidazole rings is 1. The van der Waals surface area contributed by atoms with Crippen molar-refractivity contribution in [3.63, 3.8) is 0 Å². The van der Waals surface area contributed by atoms with Crippen LogP contribution in [-0.4, -0.2) is 56.9 Å². The van der Waals surface area contributed by atoms with Gasteiger partial charge in [-0.2, -0.15) is 0 Å². The smallest absolute Gasteiger partial charge is 0.306 e. The van der Waals surface area contributed by atoms with Crippen LogP contribution in [0.4, 0.5) is 0 Å². The van der Waals surface area contributed by atoms with Gasteiger partial charge >= 0.3 is 5.97 Å². The highest BCUT2D eigenvalue weighted by Gasteiger charge is 2.66. The number of ether oxygens (including phenoxy) is 1. The first-order valence-corrected chi connectivity index (χ1v) is 14.9. The molecule has 218 valence electrons. The molecule has 3 fully saturated rings. The van der Waals surface area contributed by atoms with E-state index in [1.165, 1.54) is 5.57 Å². The molecule has 40 heavy (non-hydrogen) atoms. The number of fused-ring (bicyclic) bond motifs is 5. The molecular formula is C31H43N3O6. The Morgan fingerprint density at radius 1 is 1.10 bits per heavy atom. The zero-order valence-electron chi connectivity index (χ0n) is 23.8. The summed E-state index contributed by atoms with van der Waals surface area (Å²) in [6.45, 7) is 5.14. The molecule has 1 heterocycles. The van der Waals surface area contributed by atoms with E-state index in [1.807, 2.05) is 16.8 Å². The number of esters is 1. The molecule has 0 saturated heterocycles. The van der Waals surface area contributed by atoms with E-state index in [2.05, 4.69) is 24.1 Å². The van der Waals surface area contributed by atoms with Gasteiger partial charge in [0.1, 0.15) is 5.60 Å². The molecule has 4 aliphatic carbocycles. The number of nitrogens with one attached hydrogen (secondary N) is 1. The number of rotatable bonds is 10. The highest BCUT2D eigenvalue weighted by atomic mass is 16.5. The maximum atomic E-state index is 13.4. The van der Waals surface area contributed by atoms with Crippen LogP contribution in [0.5, 0.6) is 0 Å². The van der Waals surface area contributed by atoms with E-state index in [4.69, 9.17) is 4.74 Å². The molecule has 4 aliphatic rings. The molecule has 0 aliphatic heterocycles.